The van der Waals surface area contributed by atoms with E-state index in [1.807, 2.05) is 12.3 Å². The molecule has 1 saturated heterocycles. The lowest BCUT2D eigenvalue weighted by atomic mass is 9.75. The maximum atomic E-state index is 8.74. The van der Waals surface area contributed by atoms with Gasteiger partial charge in [0.25, 0.3) is 0 Å². The molecule has 0 saturated carbocycles. The first-order valence-electron chi connectivity index (χ1n) is 6.62. The van der Waals surface area contributed by atoms with Gasteiger partial charge in [-0.25, -0.2) is 4.98 Å². The van der Waals surface area contributed by atoms with Crippen LogP contribution in [0.1, 0.15) is 39.3 Å². The fraction of sp³-hybridized carbons (Fsp3) is 0.600. The van der Waals surface area contributed by atoms with Crippen LogP contribution in [0.4, 0.5) is 5.69 Å². The number of hydrogen-bond donors (Lipinski definition) is 0. The van der Waals surface area contributed by atoms with E-state index in [4.69, 9.17) is 5.26 Å². The minimum absolute atomic E-state index is 0.412. The van der Waals surface area contributed by atoms with Crippen molar-refractivity contribution in [2.24, 2.45) is 11.3 Å². The van der Waals surface area contributed by atoms with Gasteiger partial charge in [-0.05, 0) is 36.3 Å². The van der Waals surface area contributed by atoms with E-state index in [0.29, 0.717) is 11.1 Å². The first kappa shape index (κ1) is 12.9. The smallest absolute Gasteiger partial charge is 0.140 e. The van der Waals surface area contributed by atoms with E-state index in [2.05, 4.69) is 36.7 Å². The van der Waals surface area contributed by atoms with Crippen molar-refractivity contribution < 1.29 is 0 Å². The fourth-order valence-corrected chi connectivity index (χ4v) is 2.64. The highest BCUT2D eigenvalue weighted by atomic mass is 15.1. The van der Waals surface area contributed by atoms with E-state index < -0.39 is 0 Å². The fourth-order valence-electron chi connectivity index (χ4n) is 2.64. The zero-order valence-corrected chi connectivity index (χ0v) is 11.5. The second-order valence-corrected chi connectivity index (χ2v) is 6.14. The summed E-state index contributed by atoms with van der Waals surface area (Å²) in [6.45, 7) is 9.18. The Bertz CT molecular complexity index is 428. The summed E-state index contributed by atoms with van der Waals surface area (Å²) >= 11 is 0. The molecule has 3 nitrogen and oxygen atoms in total. The summed E-state index contributed by atoms with van der Waals surface area (Å²) in [6.07, 6.45) is 4.29. The van der Waals surface area contributed by atoms with Gasteiger partial charge in [-0.15, -0.1) is 0 Å². The molecule has 2 rings (SSSR count). The summed E-state index contributed by atoms with van der Waals surface area (Å²) in [7, 11) is 0. The molecule has 2 heterocycles. The second kappa shape index (κ2) is 4.97. The van der Waals surface area contributed by atoms with E-state index in [9.17, 15) is 0 Å². The van der Waals surface area contributed by atoms with Crippen LogP contribution < -0.4 is 4.90 Å². The van der Waals surface area contributed by atoms with E-state index >= 15 is 0 Å². The first-order chi connectivity index (χ1) is 8.50. The zero-order chi connectivity index (χ0) is 13.2. The Balaban J connectivity index is 1.99. The van der Waals surface area contributed by atoms with Crippen LogP contribution in [0.5, 0.6) is 0 Å². The Morgan fingerprint density at radius 3 is 2.39 bits per heavy atom. The monoisotopic (exact) mass is 243 g/mol. The molecular weight excluding hydrogens is 222 g/mol. The summed E-state index contributed by atoms with van der Waals surface area (Å²) in [5.74, 6) is 0.806. The molecule has 0 unspecified atom stereocenters. The van der Waals surface area contributed by atoms with Crippen LogP contribution in [0.15, 0.2) is 18.3 Å². The number of anilines is 1. The third-order valence-electron chi connectivity index (χ3n) is 3.95. The van der Waals surface area contributed by atoms with Crippen LogP contribution in [0.25, 0.3) is 0 Å². The van der Waals surface area contributed by atoms with Gasteiger partial charge in [-0.3, -0.25) is 0 Å². The Hall–Kier alpha value is -1.56. The van der Waals surface area contributed by atoms with Crippen molar-refractivity contribution in [2.75, 3.05) is 18.0 Å². The summed E-state index contributed by atoms with van der Waals surface area (Å²) in [6, 6.07) is 5.85. The van der Waals surface area contributed by atoms with Gasteiger partial charge >= 0.3 is 0 Å². The molecule has 0 aromatic carbocycles. The predicted molar refractivity (Wildman–Crippen MR) is 73.3 cm³/mol. The van der Waals surface area contributed by atoms with Gasteiger partial charge in [-0.1, -0.05) is 20.8 Å². The van der Waals surface area contributed by atoms with Crippen LogP contribution in [0.2, 0.25) is 0 Å². The molecule has 0 radical (unpaired) electrons. The SMILES string of the molecule is CC(C)(C)C1CCN(c2ccc(C#N)nc2)CC1. The summed E-state index contributed by atoms with van der Waals surface area (Å²) < 4.78 is 0. The van der Waals surface area contributed by atoms with Gasteiger partial charge in [0.2, 0.25) is 0 Å². The summed E-state index contributed by atoms with van der Waals surface area (Å²) in [5, 5.41) is 8.74. The largest absolute Gasteiger partial charge is 0.370 e. The minimum atomic E-state index is 0.412. The van der Waals surface area contributed by atoms with Gasteiger partial charge in [0.1, 0.15) is 11.8 Å². The average Bonchev–Trinajstić information content (AvgIpc) is 2.38. The quantitative estimate of drug-likeness (QED) is 0.760. The lowest BCUT2D eigenvalue weighted by Crippen LogP contribution is -2.38. The van der Waals surface area contributed by atoms with Crippen LogP contribution in [-0.4, -0.2) is 18.1 Å². The number of rotatable bonds is 1. The van der Waals surface area contributed by atoms with Crippen molar-refractivity contribution in [1.29, 1.82) is 5.26 Å². The molecule has 1 aliphatic heterocycles. The average molecular weight is 243 g/mol. The maximum absolute atomic E-state index is 8.74. The van der Waals surface area contributed by atoms with Gasteiger partial charge in [0.15, 0.2) is 0 Å². The number of aromatic nitrogens is 1. The maximum Gasteiger partial charge on any atom is 0.140 e. The molecule has 18 heavy (non-hydrogen) atoms. The van der Waals surface area contributed by atoms with E-state index in [1.165, 1.54) is 12.8 Å². The minimum Gasteiger partial charge on any atom is -0.370 e. The molecule has 1 aliphatic rings. The second-order valence-electron chi connectivity index (χ2n) is 6.14. The van der Waals surface area contributed by atoms with Gasteiger partial charge < -0.3 is 4.90 Å². The van der Waals surface area contributed by atoms with Crippen molar-refractivity contribution in [3.05, 3.63) is 24.0 Å². The lowest BCUT2D eigenvalue weighted by molar-refractivity contribution is 0.199. The van der Waals surface area contributed by atoms with Crippen LogP contribution in [-0.2, 0) is 0 Å². The van der Waals surface area contributed by atoms with Crippen molar-refractivity contribution in [2.45, 2.75) is 33.6 Å². The standard InChI is InChI=1S/C15H21N3/c1-15(2,3)12-6-8-18(9-7-12)14-5-4-13(10-16)17-11-14/h4-5,11-12H,6-9H2,1-3H3. The van der Waals surface area contributed by atoms with Crippen molar-refractivity contribution in [3.63, 3.8) is 0 Å². The van der Waals surface area contributed by atoms with Gasteiger partial charge in [0, 0.05) is 13.1 Å². The number of hydrogen-bond acceptors (Lipinski definition) is 3. The van der Waals surface area contributed by atoms with E-state index in [1.54, 1.807) is 6.07 Å². The van der Waals surface area contributed by atoms with Crippen LogP contribution in [0, 0.1) is 22.7 Å². The normalized spacial score (nSPS) is 17.6. The lowest BCUT2D eigenvalue weighted by Gasteiger charge is -2.39. The van der Waals surface area contributed by atoms with Gasteiger partial charge in [0.05, 0.1) is 11.9 Å². The third kappa shape index (κ3) is 2.81. The van der Waals surface area contributed by atoms with Gasteiger partial charge in [-0.2, -0.15) is 5.26 Å². The number of piperidine rings is 1. The van der Waals surface area contributed by atoms with E-state index in [0.717, 1.165) is 24.7 Å². The molecule has 0 N–H and O–H groups in total. The molecular formula is C15H21N3. The molecule has 96 valence electrons. The van der Waals surface area contributed by atoms with Crippen LogP contribution in [0.3, 0.4) is 0 Å². The van der Waals surface area contributed by atoms with Crippen molar-refractivity contribution in [3.8, 4) is 6.07 Å². The third-order valence-corrected chi connectivity index (χ3v) is 3.95. The Kier molecular flexibility index (Phi) is 3.56. The van der Waals surface area contributed by atoms with Crippen molar-refractivity contribution in [1.82, 2.24) is 4.98 Å². The topological polar surface area (TPSA) is 39.9 Å². The summed E-state index contributed by atoms with van der Waals surface area (Å²) in [4.78, 5) is 6.51. The molecule has 0 spiro atoms. The Morgan fingerprint density at radius 1 is 1.28 bits per heavy atom. The zero-order valence-electron chi connectivity index (χ0n) is 11.5. The number of pyridine rings is 1. The molecule has 1 aromatic heterocycles. The highest BCUT2D eigenvalue weighted by Crippen LogP contribution is 2.35. The first-order valence-corrected chi connectivity index (χ1v) is 6.62. The predicted octanol–water partition coefficient (Wildman–Crippen LogP) is 3.22. The molecule has 3 heteroatoms. The highest BCUT2D eigenvalue weighted by Gasteiger charge is 2.28. The molecule has 0 atom stereocenters. The van der Waals surface area contributed by atoms with Crippen molar-refractivity contribution >= 4 is 5.69 Å². The Morgan fingerprint density at radius 2 is 1.94 bits per heavy atom. The summed E-state index contributed by atoms with van der Waals surface area (Å²) in [5.41, 5.74) is 2.04. The number of nitrogens with zero attached hydrogens (tertiary/aromatic N) is 3. The molecule has 1 fully saturated rings. The highest BCUT2D eigenvalue weighted by molar-refractivity contribution is 5.46. The van der Waals surface area contributed by atoms with E-state index in [-0.39, 0.29) is 0 Å². The van der Waals surface area contributed by atoms with Crippen LogP contribution >= 0.6 is 0 Å². The Labute approximate surface area is 109 Å². The molecule has 0 bridgehead atoms. The number of nitriles is 1. The molecule has 1 aromatic rings. The molecule has 0 amide bonds. The molecule has 0 aliphatic carbocycles.